The van der Waals surface area contributed by atoms with Gasteiger partial charge in [0.1, 0.15) is 0 Å². The van der Waals surface area contributed by atoms with Crippen LogP contribution in [0.5, 0.6) is 0 Å². The summed E-state index contributed by atoms with van der Waals surface area (Å²) in [5.74, 6) is 0.699. The Bertz CT molecular complexity index is 420. The number of nitrogens with two attached hydrogens (primary N) is 1. The normalized spacial score (nSPS) is 32.6. The molecule has 1 aliphatic heterocycles. The SMILES string of the molecule is CN1CCN(CC2CCCC2N)C(c2ccccc2)C1. The van der Waals surface area contributed by atoms with Crippen LogP contribution in [0, 0.1) is 5.92 Å². The Morgan fingerprint density at radius 1 is 1.15 bits per heavy atom. The predicted octanol–water partition coefficient (Wildman–Crippen LogP) is 2.10. The third-order valence-electron chi connectivity index (χ3n) is 5.07. The molecule has 1 aromatic rings. The molecule has 1 aliphatic carbocycles. The first-order chi connectivity index (χ1) is 9.74. The molecular formula is C17H27N3. The number of hydrogen-bond acceptors (Lipinski definition) is 3. The first kappa shape index (κ1) is 14.1. The topological polar surface area (TPSA) is 32.5 Å². The number of hydrogen-bond donors (Lipinski definition) is 1. The average Bonchev–Trinajstić information content (AvgIpc) is 2.87. The number of benzene rings is 1. The Morgan fingerprint density at radius 3 is 2.65 bits per heavy atom. The van der Waals surface area contributed by atoms with Gasteiger partial charge >= 0.3 is 0 Å². The van der Waals surface area contributed by atoms with Crippen molar-refractivity contribution in [1.82, 2.24) is 9.80 Å². The molecule has 3 heteroatoms. The molecule has 2 fully saturated rings. The largest absolute Gasteiger partial charge is 0.327 e. The Labute approximate surface area is 122 Å². The summed E-state index contributed by atoms with van der Waals surface area (Å²) < 4.78 is 0. The van der Waals surface area contributed by atoms with Crippen LogP contribution in [0.4, 0.5) is 0 Å². The van der Waals surface area contributed by atoms with E-state index < -0.39 is 0 Å². The molecule has 3 nitrogen and oxygen atoms in total. The lowest BCUT2D eigenvalue weighted by molar-refractivity contribution is 0.0735. The third-order valence-corrected chi connectivity index (χ3v) is 5.07. The molecule has 0 spiro atoms. The van der Waals surface area contributed by atoms with Crippen LogP contribution < -0.4 is 5.73 Å². The summed E-state index contributed by atoms with van der Waals surface area (Å²) in [7, 11) is 2.23. The van der Waals surface area contributed by atoms with Crippen molar-refractivity contribution in [2.75, 3.05) is 33.2 Å². The monoisotopic (exact) mass is 273 g/mol. The second-order valence-electron chi connectivity index (χ2n) is 6.54. The van der Waals surface area contributed by atoms with Crippen molar-refractivity contribution in [2.24, 2.45) is 11.7 Å². The highest BCUT2D eigenvalue weighted by Gasteiger charge is 2.31. The zero-order valence-corrected chi connectivity index (χ0v) is 12.5. The van der Waals surface area contributed by atoms with Gasteiger partial charge in [0.25, 0.3) is 0 Å². The van der Waals surface area contributed by atoms with E-state index in [0.29, 0.717) is 18.0 Å². The number of rotatable bonds is 3. The van der Waals surface area contributed by atoms with Crippen LogP contribution in [-0.2, 0) is 0 Å². The molecule has 0 radical (unpaired) electrons. The van der Waals surface area contributed by atoms with Crippen molar-refractivity contribution in [2.45, 2.75) is 31.3 Å². The molecule has 2 N–H and O–H groups in total. The van der Waals surface area contributed by atoms with Gasteiger partial charge in [-0.1, -0.05) is 36.8 Å². The fourth-order valence-corrected chi connectivity index (χ4v) is 3.76. The molecule has 20 heavy (non-hydrogen) atoms. The average molecular weight is 273 g/mol. The van der Waals surface area contributed by atoms with Crippen LogP contribution in [0.1, 0.15) is 30.9 Å². The zero-order valence-electron chi connectivity index (χ0n) is 12.5. The highest BCUT2D eigenvalue weighted by Crippen LogP contribution is 2.30. The summed E-state index contributed by atoms with van der Waals surface area (Å²) in [5, 5.41) is 0. The Morgan fingerprint density at radius 2 is 1.95 bits per heavy atom. The smallest absolute Gasteiger partial charge is 0.0475 e. The molecular weight excluding hydrogens is 246 g/mol. The van der Waals surface area contributed by atoms with E-state index >= 15 is 0 Å². The maximum atomic E-state index is 6.27. The van der Waals surface area contributed by atoms with E-state index in [2.05, 4.69) is 47.2 Å². The summed E-state index contributed by atoms with van der Waals surface area (Å²) in [4.78, 5) is 5.12. The molecule has 2 aliphatic rings. The first-order valence-corrected chi connectivity index (χ1v) is 7.97. The molecule has 1 heterocycles. The van der Waals surface area contributed by atoms with Crippen molar-refractivity contribution in [3.8, 4) is 0 Å². The summed E-state index contributed by atoms with van der Waals surface area (Å²) in [6.45, 7) is 4.64. The van der Waals surface area contributed by atoms with Gasteiger partial charge in [-0.25, -0.2) is 0 Å². The molecule has 110 valence electrons. The van der Waals surface area contributed by atoms with E-state index in [4.69, 9.17) is 5.73 Å². The molecule has 3 atom stereocenters. The van der Waals surface area contributed by atoms with Crippen LogP contribution in [0.25, 0.3) is 0 Å². The van der Waals surface area contributed by atoms with Crippen LogP contribution >= 0.6 is 0 Å². The highest BCUT2D eigenvalue weighted by molar-refractivity contribution is 5.20. The van der Waals surface area contributed by atoms with Gasteiger partial charge in [0.05, 0.1) is 0 Å². The van der Waals surface area contributed by atoms with Crippen molar-refractivity contribution in [3.63, 3.8) is 0 Å². The minimum atomic E-state index is 0.422. The lowest BCUT2D eigenvalue weighted by atomic mass is 9.98. The Kier molecular flexibility index (Phi) is 4.39. The third kappa shape index (κ3) is 3.05. The molecule has 1 aromatic carbocycles. The summed E-state index contributed by atoms with van der Waals surface area (Å²) in [5.41, 5.74) is 7.72. The predicted molar refractivity (Wildman–Crippen MR) is 83.6 cm³/mol. The van der Waals surface area contributed by atoms with Gasteiger partial charge in [-0.2, -0.15) is 0 Å². The minimum Gasteiger partial charge on any atom is -0.327 e. The molecule has 0 amide bonds. The van der Waals surface area contributed by atoms with Gasteiger partial charge in [0.2, 0.25) is 0 Å². The molecule has 0 aromatic heterocycles. The number of nitrogens with zero attached hydrogens (tertiary/aromatic N) is 2. The molecule has 3 rings (SSSR count). The van der Waals surface area contributed by atoms with Gasteiger partial charge < -0.3 is 10.6 Å². The quantitative estimate of drug-likeness (QED) is 0.915. The maximum Gasteiger partial charge on any atom is 0.0475 e. The number of piperazine rings is 1. The first-order valence-electron chi connectivity index (χ1n) is 7.97. The van der Waals surface area contributed by atoms with E-state index in [1.54, 1.807) is 0 Å². The molecule has 0 bridgehead atoms. The maximum absolute atomic E-state index is 6.27. The standard InChI is InChI=1S/C17H27N3/c1-19-10-11-20(12-15-8-5-9-16(15)18)17(13-19)14-6-3-2-4-7-14/h2-4,6-7,15-17H,5,8-13,18H2,1H3. The van der Waals surface area contributed by atoms with E-state index in [0.717, 1.165) is 6.54 Å². The van der Waals surface area contributed by atoms with E-state index in [1.165, 1.54) is 44.5 Å². The van der Waals surface area contributed by atoms with Gasteiger partial charge in [-0.3, -0.25) is 4.90 Å². The van der Waals surface area contributed by atoms with Crippen molar-refractivity contribution in [3.05, 3.63) is 35.9 Å². The Balaban J connectivity index is 1.73. The zero-order chi connectivity index (χ0) is 13.9. The van der Waals surface area contributed by atoms with Gasteiger partial charge in [0.15, 0.2) is 0 Å². The van der Waals surface area contributed by atoms with Crippen LogP contribution in [0.15, 0.2) is 30.3 Å². The van der Waals surface area contributed by atoms with E-state index in [1.807, 2.05) is 0 Å². The van der Waals surface area contributed by atoms with E-state index in [-0.39, 0.29) is 0 Å². The van der Waals surface area contributed by atoms with Gasteiger partial charge in [-0.05, 0) is 31.4 Å². The lowest BCUT2D eigenvalue weighted by Crippen LogP contribution is -2.49. The Hall–Kier alpha value is -0.900. The van der Waals surface area contributed by atoms with Crippen LogP contribution in [0.2, 0.25) is 0 Å². The molecule has 1 saturated carbocycles. The second-order valence-corrected chi connectivity index (χ2v) is 6.54. The molecule has 1 saturated heterocycles. The fraction of sp³-hybridized carbons (Fsp3) is 0.647. The van der Waals surface area contributed by atoms with Crippen molar-refractivity contribution >= 4 is 0 Å². The summed E-state index contributed by atoms with van der Waals surface area (Å²) in [6.07, 6.45) is 3.85. The number of likely N-dealkylation sites (N-methyl/N-ethyl adjacent to an activating group) is 1. The second kappa shape index (κ2) is 6.25. The van der Waals surface area contributed by atoms with Crippen molar-refractivity contribution < 1.29 is 0 Å². The van der Waals surface area contributed by atoms with Crippen molar-refractivity contribution in [1.29, 1.82) is 0 Å². The van der Waals surface area contributed by atoms with Gasteiger partial charge in [0, 0.05) is 38.3 Å². The highest BCUT2D eigenvalue weighted by atomic mass is 15.3. The fourth-order valence-electron chi connectivity index (χ4n) is 3.76. The van der Waals surface area contributed by atoms with E-state index in [9.17, 15) is 0 Å². The van der Waals surface area contributed by atoms with Crippen LogP contribution in [-0.4, -0.2) is 49.1 Å². The molecule has 3 unspecified atom stereocenters. The summed E-state index contributed by atoms with van der Waals surface area (Å²) in [6, 6.07) is 11.9. The lowest BCUT2D eigenvalue weighted by Gasteiger charge is -2.42. The minimum absolute atomic E-state index is 0.422. The summed E-state index contributed by atoms with van der Waals surface area (Å²) >= 11 is 0. The van der Waals surface area contributed by atoms with Crippen LogP contribution in [0.3, 0.4) is 0 Å². The van der Waals surface area contributed by atoms with Gasteiger partial charge in [-0.15, -0.1) is 0 Å².